The van der Waals surface area contributed by atoms with Crippen LogP contribution in [0, 0.1) is 0 Å². The molecule has 1 aromatic heterocycles. The highest BCUT2D eigenvalue weighted by molar-refractivity contribution is 6.31. The first-order chi connectivity index (χ1) is 12.7. The van der Waals surface area contributed by atoms with E-state index in [1.54, 1.807) is 6.07 Å². The van der Waals surface area contributed by atoms with Gasteiger partial charge in [0.1, 0.15) is 17.8 Å². The SMILES string of the molecule is CCc1ccc(NC(=O)c2cc(NCc3ccccc3Cl)ncn2)cc1. The van der Waals surface area contributed by atoms with Gasteiger partial charge < -0.3 is 10.6 Å². The van der Waals surface area contributed by atoms with Crippen LogP contribution < -0.4 is 10.6 Å². The number of amides is 1. The minimum atomic E-state index is -0.280. The van der Waals surface area contributed by atoms with E-state index >= 15 is 0 Å². The zero-order chi connectivity index (χ0) is 18.4. The molecule has 5 nitrogen and oxygen atoms in total. The van der Waals surface area contributed by atoms with Gasteiger partial charge >= 0.3 is 0 Å². The van der Waals surface area contributed by atoms with Crippen molar-refractivity contribution in [2.45, 2.75) is 19.9 Å². The maximum absolute atomic E-state index is 12.4. The van der Waals surface area contributed by atoms with E-state index in [-0.39, 0.29) is 5.91 Å². The molecule has 0 fully saturated rings. The lowest BCUT2D eigenvalue weighted by molar-refractivity contribution is 0.102. The summed E-state index contributed by atoms with van der Waals surface area (Å²) in [6, 6.07) is 16.9. The van der Waals surface area contributed by atoms with E-state index in [0.717, 1.165) is 17.7 Å². The summed E-state index contributed by atoms with van der Waals surface area (Å²) in [6.07, 6.45) is 2.32. The molecule has 0 radical (unpaired) electrons. The number of carbonyl (C=O) groups excluding carboxylic acids is 1. The van der Waals surface area contributed by atoms with Crippen molar-refractivity contribution in [2.75, 3.05) is 10.6 Å². The van der Waals surface area contributed by atoms with Crippen molar-refractivity contribution in [3.8, 4) is 0 Å². The summed E-state index contributed by atoms with van der Waals surface area (Å²) in [6.45, 7) is 2.60. The highest BCUT2D eigenvalue weighted by Gasteiger charge is 2.09. The third kappa shape index (κ3) is 4.58. The number of aromatic nitrogens is 2. The van der Waals surface area contributed by atoms with Crippen LogP contribution in [0.15, 0.2) is 60.9 Å². The van der Waals surface area contributed by atoms with E-state index in [9.17, 15) is 4.79 Å². The van der Waals surface area contributed by atoms with E-state index in [1.807, 2.05) is 48.5 Å². The van der Waals surface area contributed by atoms with E-state index in [2.05, 4.69) is 27.5 Å². The number of hydrogen-bond acceptors (Lipinski definition) is 4. The number of anilines is 2. The number of hydrogen-bond donors (Lipinski definition) is 2. The van der Waals surface area contributed by atoms with Crippen LogP contribution in [0.1, 0.15) is 28.5 Å². The van der Waals surface area contributed by atoms with Crippen LogP contribution in [0.5, 0.6) is 0 Å². The van der Waals surface area contributed by atoms with Crippen LogP contribution in [0.25, 0.3) is 0 Å². The van der Waals surface area contributed by atoms with Crippen molar-refractivity contribution in [1.29, 1.82) is 0 Å². The van der Waals surface area contributed by atoms with Crippen LogP contribution in [-0.4, -0.2) is 15.9 Å². The molecule has 0 unspecified atom stereocenters. The van der Waals surface area contributed by atoms with Gasteiger partial charge in [-0.2, -0.15) is 0 Å². The molecule has 0 aliphatic carbocycles. The van der Waals surface area contributed by atoms with Crippen molar-refractivity contribution < 1.29 is 4.79 Å². The molecular formula is C20H19ClN4O. The Morgan fingerprint density at radius 2 is 1.85 bits per heavy atom. The van der Waals surface area contributed by atoms with Crippen molar-refractivity contribution in [3.05, 3.63) is 82.8 Å². The Labute approximate surface area is 157 Å². The highest BCUT2D eigenvalue weighted by Crippen LogP contribution is 2.17. The quantitative estimate of drug-likeness (QED) is 0.671. The lowest BCUT2D eigenvalue weighted by Crippen LogP contribution is -2.14. The summed E-state index contributed by atoms with van der Waals surface area (Å²) in [5.74, 6) is 0.281. The molecule has 0 saturated carbocycles. The van der Waals surface area contributed by atoms with Crippen molar-refractivity contribution in [1.82, 2.24) is 9.97 Å². The molecule has 132 valence electrons. The number of nitrogens with one attached hydrogen (secondary N) is 2. The Morgan fingerprint density at radius 3 is 2.58 bits per heavy atom. The molecule has 0 aliphatic heterocycles. The predicted molar refractivity (Wildman–Crippen MR) is 105 cm³/mol. The Balaban J connectivity index is 1.66. The van der Waals surface area contributed by atoms with Gasteiger partial charge in [0.25, 0.3) is 5.91 Å². The first kappa shape index (κ1) is 17.9. The van der Waals surface area contributed by atoms with Crippen LogP contribution in [0.4, 0.5) is 11.5 Å². The lowest BCUT2D eigenvalue weighted by Gasteiger charge is -2.09. The predicted octanol–water partition coefficient (Wildman–Crippen LogP) is 4.56. The fraction of sp³-hybridized carbons (Fsp3) is 0.150. The normalized spacial score (nSPS) is 10.4. The van der Waals surface area contributed by atoms with Gasteiger partial charge in [0.05, 0.1) is 0 Å². The monoisotopic (exact) mass is 366 g/mol. The second-order valence-electron chi connectivity index (χ2n) is 5.74. The molecule has 3 rings (SSSR count). The average Bonchev–Trinajstić information content (AvgIpc) is 2.68. The zero-order valence-corrected chi connectivity index (χ0v) is 15.1. The minimum absolute atomic E-state index is 0.280. The van der Waals surface area contributed by atoms with Gasteiger partial charge in [0, 0.05) is 23.3 Å². The summed E-state index contributed by atoms with van der Waals surface area (Å²) in [4.78, 5) is 20.6. The van der Waals surface area contributed by atoms with Crippen molar-refractivity contribution >= 4 is 29.0 Å². The van der Waals surface area contributed by atoms with Crippen LogP contribution >= 0.6 is 11.6 Å². The molecule has 2 aromatic carbocycles. The fourth-order valence-electron chi connectivity index (χ4n) is 2.42. The molecule has 26 heavy (non-hydrogen) atoms. The number of aryl methyl sites for hydroxylation is 1. The molecule has 3 aromatic rings. The third-order valence-electron chi connectivity index (χ3n) is 3.94. The maximum atomic E-state index is 12.4. The third-order valence-corrected chi connectivity index (χ3v) is 4.31. The molecule has 0 bridgehead atoms. The summed E-state index contributed by atoms with van der Waals surface area (Å²) >= 11 is 6.15. The zero-order valence-electron chi connectivity index (χ0n) is 14.4. The van der Waals surface area contributed by atoms with Gasteiger partial charge in [0.15, 0.2) is 0 Å². The molecule has 1 amide bonds. The molecule has 6 heteroatoms. The molecule has 0 spiro atoms. The smallest absolute Gasteiger partial charge is 0.274 e. The molecule has 0 atom stereocenters. The molecule has 2 N–H and O–H groups in total. The Hall–Kier alpha value is -2.92. The largest absolute Gasteiger partial charge is 0.366 e. The Morgan fingerprint density at radius 1 is 1.08 bits per heavy atom. The van der Waals surface area contributed by atoms with Crippen molar-refractivity contribution in [3.63, 3.8) is 0 Å². The van der Waals surface area contributed by atoms with E-state index in [1.165, 1.54) is 11.9 Å². The van der Waals surface area contributed by atoms with Crippen LogP contribution in [0.2, 0.25) is 5.02 Å². The maximum Gasteiger partial charge on any atom is 0.274 e. The number of halogens is 1. The fourth-order valence-corrected chi connectivity index (χ4v) is 2.63. The molecule has 0 saturated heterocycles. The highest BCUT2D eigenvalue weighted by atomic mass is 35.5. The Bertz CT molecular complexity index is 896. The topological polar surface area (TPSA) is 66.9 Å². The number of rotatable bonds is 6. The van der Waals surface area contributed by atoms with E-state index in [0.29, 0.717) is 23.1 Å². The molecular weight excluding hydrogens is 348 g/mol. The standard InChI is InChI=1S/C20H19ClN4O/c1-2-14-7-9-16(10-8-14)25-20(26)18-11-19(24-13-23-18)22-12-15-5-3-4-6-17(15)21/h3-11,13H,2,12H2,1H3,(H,25,26)(H,22,23,24). The number of nitrogens with zero attached hydrogens (tertiary/aromatic N) is 2. The minimum Gasteiger partial charge on any atom is -0.366 e. The van der Waals surface area contributed by atoms with Crippen LogP contribution in [-0.2, 0) is 13.0 Å². The van der Waals surface area contributed by atoms with Gasteiger partial charge in [0.2, 0.25) is 0 Å². The summed E-state index contributed by atoms with van der Waals surface area (Å²) < 4.78 is 0. The first-order valence-electron chi connectivity index (χ1n) is 8.35. The lowest BCUT2D eigenvalue weighted by atomic mass is 10.1. The van der Waals surface area contributed by atoms with Gasteiger partial charge in [-0.3, -0.25) is 4.79 Å². The molecule has 1 heterocycles. The number of carbonyl (C=O) groups is 1. The van der Waals surface area contributed by atoms with Gasteiger partial charge in [-0.1, -0.05) is 48.9 Å². The van der Waals surface area contributed by atoms with Gasteiger partial charge in [-0.15, -0.1) is 0 Å². The van der Waals surface area contributed by atoms with E-state index < -0.39 is 0 Å². The summed E-state index contributed by atoms with van der Waals surface area (Å²) in [5, 5.41) is 6.68. The van der Waals surface area contributed by atoms with Gasteiger partial charge in [-0.05, 0) is 35.7 Å². The van der Waals surface area contributed by atoms with Crippen LogP contribution in [0.3, 0.4) is 0 Å². The van der Waals surface area contributed by atoms with Crippen molar-refractivity contribution in [2.24, 2.45) is 0 Å². The summed E-state index contributed by atoms with van der Waals surface area (Å²) in [7, 11) is 0. The number of benzene rings is 2. The second kappa shape index (κ2) is 8.45. The average molecular weight is 367 g/mol. The van der Waals surface area contributed by atoms with E-state index in [4.69, 9.17) is 11.6 Å². The Kier molecular flexibility index (Phi) is 5.81. The second-order valence-corrected chi connectivity index (χ2v) is 6.15. The summed E-state index contributed by atoms with van der Waals surface area (Å²) in [5.41, 5.74) is 3.20. The van der Waals surface area contributed by atoms with Gasteiger partial charge in [-0.25, -0.2) is 9.97 Å². The molecule has 0 aliphatic rings. The first-order valence-corrected chi connectivity index (χ1v) is 8.73.